The summed E-state index contributed by atoms with van der Waals surface area (Å²) in [6, 6.07) is 8.27. The van der Waals surface area contributed by atoms with Crippen molar-refractivity contribution >= 4 is 11.6 Å². The number of aryl methyl sites for hydroxylation is 1. The maximum Gasteiger partial charge on any atom is 0.241 e. The van der Waals surface area contributed by atoms with Crippen LogP contribution in [-0.2, 0) is 4.79 Å². The molecule has 136 valence electrons. The lowest BCUT2D eigenvalue weighted by molar-refractivity contribution is -0.119. The normalized spacial score (nSPS) is 35.4. The first-order valence-corrected chi connectivity index (χ1v) is 10.1. The summed E-state index contributed by atoms with van der Waals surface area (Å²) < 4.78 is 0. The van der Waals surface area contributed by atoms with Crippen LogP contribution in [-0.4, -0.2) is 18.0 Å². The first kappa shape index (κ1) is 17.1. The molecule has 1 amide bonds. The average molecular weight is 341 g/mol. The van der Waals surface area contributed by atoms with Gasteiger partial charge in [-0.25, -0.2) is 0 Å². The summed E-state index contributed by atoms with van der Waals surface area (Å²) in [7, 11) is 0. The Bertz CT molecular complexity index is 618. The lowest BCUT2D eigenvalue weighted by Crippen LogP contribution is -2.57. The van der Waals surface area contributed by atoms with Crippen LogP contribution in [0.15, 0.2) is 24.3 Å². The molecule has 0 spiro atoms. The largest absolute Gasteiger partial charge is 0.325 e. The zero-order valence-electron chi connectivity index (χ0n) is 15.8. The first-order chi connectivity index (χ1) is 11.9. The number of hydrogen-bond donors (Lipinski definition) is 2. The Balaban J connectivity index is 1.38. The van der Waals surface area contributed by atoms with Gasteiger partial charge >= 0.3 is 0 Å². The molecule has 1 aromatic rings. The number of anilines is 1. The Hall–Kier alpha value is -1.35. The zero-order chi connectivity index (χ0) is 17.6. The van der Waals surface area contributed by atoms with E-state index in [0.29, 0.717) is 11.5 Å². The molecule has 25 heavy (non-hydrogen) atoms. The molecule has 4 aliphatic carbocycles. The van der Waals surface area contributed by atoms with E-state index >= 15 is 0 Å². The van der Waals surface area contributed by atoms with Crippen LogP contribution in [0.1, 0.15) is 57.9 Å². The maximum absolute atomic E-state index is 12.6. The second kappa shape index (κ2) is 6.42. The fourth-order valence-electron chi connectivity index (χ4n) is 6.31. The highest BCUT2D eigenvalue weighted by molar-refractivity contribution is 5.94. The van der Waals surface area contributed by atoms with Crippen molar-refractivity contribution < 1.29 is 4.79 Å². The van der Waals surface area contributed by atoms with E-state index in [1.54, 1.807) is 0 Å². The molecule has 3 heteroatoms. The molecule has 0 aliphatic heterocycles. The fourth-order valence-corrected chi connectivity index (χ4v) is 6.31. The van der Waals surface area contributed by atoms with Crippen LogP contribution in [0.25, 0.3) is 0 Å². The van der Waals surface area contributed by atoms with Crippen molar-refractivity contribution in [2.24, 2.45) is 23.2 Å². The van der Waals surface area contributed by atoms with E-state index in [1.807, 2.05) is 38.1 Å². The predicted octanol–water partition coefficient (Wildman–Crippen LogP) is 4.52. The Kier molecular flexibility index (Phi) is 4.39. The highest BCUT2D eigenvalue weighted by Crippen LogP contribution is 2.61. The minimum Gasteiger partial charge on any atom is -0.325 e. The molecule has 5 rings (SSSR count). The number of carbonyl (C=O) groups is 1. The van der Waals surface area contributed by atoms with Gasteiger partial charge < -0.3 is 10.6 Å². The van der Waals surface area contributed by atoms with Crippen LogP contribution in [0.3, 0.4) is 0 Å². The smallest absolute Gasteiger partial charge is 0.241 e. The quantitative estimate of drug-likeness (QED) is 0.827. The Morgan fingerprint density at radius 1 is 1.08 bits per heavy atom. The van der Waals surface area contributed by atoms with E-state index in [0.717, 1.165) is 23.4 Å². The van der Waals surface area contributed by atoms with Gasteiger partial charge in [0.05, 0.1) is 6.04 Å². The molecule has 4 fully saturated rings. The van der Waals surface area contributed by atoms with Gasteiger partial charge in [0, 0.05) is 11.7 Å². The van der Waals surface area contributed by atoms with Crippen molar-refractivity contribution in [3.05, 3.63) is 29.8 Å². The number of rotatable bonds is 5. The molecule has 0 aromatic heterocycles. The third-order valence-corrected chi connectivity index (χ3v) is 7.18. The predicted molar refractivity (Wildman–Crippen MR) is 102 cm³/mol. The van der Waals surface area contributed by atoms with Crippen LogP contribution in [0.4, 0.5) is 5.69 Å². The number of carbonyl (C=O) groups excluding carboxylic acids is 1. The summed E-state index contributed by atoms with van der Waals surface area (Å²) in [5, 5.41) is 6.72. The van der Waals surface area contributed by atoms with E-state index in [1.165, 1.54) is 44.1 Å². The molecule has 0 unspecified atom stereocenters. The second-order valence-electron chi connectivity index (χ2n) is 9.25. The number of nitrogens with one attached hydrogen (secondary N) is 2. The summed E-state index contributed by atoms with van der Waals surface area (Å²) in [4.78, 5) is 12.6. The molecule has 1 aromatic carbocycles. The third kappa shape index (κ3) is 3.36. The summed E-state index contributed by atoms with van der Waals surface area (Å²) in [6.07, 6.45) is 8.53. The van der Waals surface area contributed by atoms with Gasteiger partial charge in [-0.3, -0.25) is 4.79 Å². The highest BCUT2D eigenvalue weighted by atomic mass is 16.2. The molecule has 0 saturated heterocycles. The van der Waals surface area contributed by atoms with Crippen LogP contribution >= 0.6 is 0 Å². The second-order valence-corrected chi connectivity index (χ2v) is 9.25. The van der Waals surface area contributed by atoms with Crippen LogP contribution in [0, 0.1) is 30.1 Å². The number of hydrogen-bond acceptors (Lipinski definition) is 2. The molecule has 2 atom stereocenters. The zero-order valence-corrected chi connectivity index (χ0v) is 15.8. The van der Waals surface area contributed by atoms with Gasteiger partial charge in [-0.15, -0.1) is 0 Å². The Labute approximate surface area is 152 Å². The summed E-state index contributed by atoms with van der Waals surface area (Å²) in [5.74, 6) is 2.92. The molecule has 3 nitrogen and oxygen atoms in total. The Morgan fingerprint density at radius 2 is 1.68 bits per heavy atom. The minimum atomic E-state index is -0.163. The van der Waals surface area contributed by atoms with Gasteiger partial charge in [-0.2, -0.15) is 0 Å². The monoisotopic (exact) mass is 340 g/mol. The summed E-state index contributed by atoms with van der Waals surface area (Å²) >= 11 is 0. The number of benzene rings is 1. The minimum absolute atomic E-state index is 0.0715. The fraction of sp³-hybridized carbons (Fsp3) is 0.682. The summed E-state index contributed by atoms with van der Waals surface area (Å²) in [5.41, 5.74) is 2.49. The number of amides is 1. The molecular formula is C22H32N2O. The van der Waals surface area contributed by atoms with Gasteiger partial charge in [-0.05, 0) is 100 Å². The lowest BCUT2D eigenvalue weighted by Gasteiger charge is -2.59. The van der Waals surface area contributed by atoms with Gasteiger partial charge in [-0.1, -0.05) is 12.1 Å². The van der Waals surface area contributed by atoms with Crippen LogP contribution in [0.5, 0.6) is 0 Å². The van der Waals surface area contributed by atoms with Crippen molar-refractivity contribution in [1.29, 1.82) is 0 Å². The molecule has 4 aliphatic rings. The van der Waals surface area contributed by atoms with Crippen molar-refractivity contribution in [2.75, 3.05) is 5.32 Å². The SMILES string of the molecule is Cc1cccc(NC(=O)[C@H](C)N[C@@H](C)C23CC4CC(CC(C4)C2)C3)c1. The average Bonchev–Trinajstić information content (AvgIpc) is 2.53. The van der Waals surface area contributed by atoms with Gasteiger partial charge in [0.15, 0.2) is 0 Å². The van der Waals surface area contributed by atoms with Crippen molar-refractivity contribution in [3.63, 3.8) is 0 Å². The Morgan fingerprint density at radius 3 is 2.24 bits per heavy atom. The molecule has 4 saturated carbocycles. The topological polar surface area (TPSA) is 41.1 Å². The van der Waals surface area contributed by atoms with Gasteiger partial charge in [0.1, 0.15) is 0 Å². The molecule has 0 radical (unpaired) electrons. The van der Waals surface area contributed by atoms with Crippen molar-refractivity contribution in [2.45, 2.75) is 71.4 Å². The summed E-state index contributed by atoms with van der Waals surface area (Å²) in [6.45, 7) is 6.37. The lowest BCUT2D eigenvalue weighted by atomic mass is 9.48. The maximum atomic E-state index is 12.6. The van der Waals surface area contributed by atoms with Gasteiger partial charge in [0.25, 0.3) is 0 Å². The van der Waals surface area contributed by atoms with Crippen LogP contribution in [0.2, 0.25) is 0 Å². The van der Waals surface area contributed by atoms with Gasteiger partial charge in [0.2, 0.25) is 5.91 Å². The molecular weight excluding hydrogens is 308 g/mol. The standard InChI is InChI=1S/C22H32N2O/c1-14-5-4-6-20(7-14)24-21(25)15(2)23-16(3)22-11-17-8-18(12-22)10-19(9-17)13-22/h4-7,15-19,23H,8-13H2,1-3H3,(H,24,25)/t15-,16-,17?,18?,19?,22?/m0/s1. The highest BCUT2D eigenvalue weighted by Gasteiger charge is 2.53. The molecule has 4 bridgehead atoms. The van der Waals surface area contributed by atoms with E-state index in [9.17, 15) is 4.79 Å². The van der Waals surface area contributed by atoms with E-state index in [-0.39, 0.29) is 11.9 Å². The molecule has 0 heterocycles. The van der Waals surface area contributed by atoms with Crippen LogP contribution < -0.4 is 10.6 Å². The molecule has 2 N–H and O–H groups in total. The van der Waals surface area contributed by atoms with E-state index in [2.05, 4.69) is 17.6 Å². The first-order valence-electron chi connectivity index (χ1n) is 10.1. The van der Waals surface area contributed by atoms with E-state index in [4.69, 9.17) is 0 Å². The van der Waals surface area contributed by atoms with Crippen molar-refractivity contribution in [3.8, 4) is 0 Å². The third-order valence-electron chi connectivity index (χ3n) is 7.18. The van der Waals surface area contributed by atoms with Crippen molar-refractivity contribution in [1.82, 2.24) is 5.32 Å². The van der Waals surface area contributed by atoms with E-state index < -0.39 is 0 Å².